The molecule has 0 unspecified atom stereocenters. The standard InChI is InChI=1S/C20H22N6O2/c1-20(2)9-11-10-22-19(21)24-15(11)17-14(20)16(25-26(17)3)18(27)23-12-6-5-7-13(8-12)28-4/h5-8,10H,9H2,1-4H3,(H,23,27)(H2,21,22,24). The van der Waals surface area contributed by atoms with Gasteiger partial charge in [-0.3, -0.25) is 9.48 Å². The van der Waals surface area contributed by atoms with E-state index in [4.69, 9.17) is 10.5 Å². The largest absolute Gasteiger partial charge is 0.497 e. The number of nitrogens with two attached hydrogens (primary N) is 1. The first-order valence-electron chi connectivity index (χ1n) is 8.95. The molecule has 0 fully saturated rings. The maximum absolute atomic E-state index is 13.1. The van der Waals surface area contributed by atoms with Gasteiger partial charge in [-0.1, -0.05) is 19.9 Å². The summed E-state index contributed by atoms with van der Waals surface area (Å²) in [6.07, 6.45) is 2.45. The third-order valence-corrected chi connectivity index (χ3v) is 5.01. The second-order valence-electron chi connectivity index (χ2n) is 7.54. The van der Waals surface area contributed by atoms with Gasteiger partial charge in [0.05, 0.1) is 18.5 Å². The van der Waals surface area contributed by atoms with Crippen LogP contribution in [0.2, 0.25) is 0 Å². The Morgan fingerprint density at radius 1 is 1.36 bits per heavy atom. The Bertz CT molecular complexity index is 1090. The molecular weight excluding hydrogens is 356 g/mol. The Morgan fingerprint density at radius 2 is 2.14 bits per heavy atom. The number of fused-ring (bicyclic) bond motifs is 3. The Kier molecular flexibility index (Phi) is 4.06. The minimum Gasteiger partial charge on any atom is -0.497 e. The van der Waals surface area contributed by atoms with E-state index in [1.807, 2.05) is 25.2 Å². The Labute approximate surface area is 162 Å². The van der Waals surface area contributed by atoms with Crippen molar-refractivity contribution in [3.05, 3.63) is 47.3 Å². The predicted molar refractivity (Wildman–Crippen MR) is 106 cm³/mol. The highest BCUT2D eigenvalue weighted by Gasteiger charge is 2.39. The number of carbonyl (C=O) groups is 1. The number of aryl methyl sites for hydroxylation is 1. The van der Waals surface area contributed by atoms with Gasteiger partial charge in [0.1, 0.15) is 5.75 Å². The molecule has 3 aromatic rings. The molecule has 2 heterocycles. The van der Waals surface area contributed by atoms with Crippen LogP contribution in [0.3, 0.4) is 0 Å². The molecule has 0 saturated heterocycles. The Balaban J connectivity index is 1.80. The number of rotatable bonds is 3. The summed E-state index contributed by atoms with van der Waals surface area (Å²) in [4.78, 5) is 21.6. The van der Waals surface area contributed by atoms with E-state index in [1.165, 1.54) is 0 Å². The van der Waals surface area contributed by atoms with Gasteiger partial charge >= 0.3 is 0 Å². The third-order valence-electron chi connectivity index (χ3n) is 5.01. The lowest BCUT2D eigenvalue weighted by atomic mass is 9.73. The van der Waals surface area contributed by atoms with Crippen LogP contribution in [0.15, 0.2) is 30.5 Å². The van der Waals surface area contributed by atoms with Crippen LogP contribution in [0.5, 0.6) is 5.75 Å². The maximum atomic E-state index is 13.1. The fourth-order valence-corrected chi connectivity index (χ4v) is 3.81. The minimum absolute atomic E-state index is 0.202. The second kappa shape index (κ2) is 6.33. The number of nitrogens with zero attached hydrogens (tertiary/aromatic N) is 4. The maximum Gasteiger partial charge on any atom is 0.276 e. The zero-order valence-corrected chi connectivity index (χ0v) is 16.3. The van der Waals surface area contributed by atoms with Crippen molar-refractivity contribution in [3.8, 4) is 17.1 Å². The molecule has 0 spiro atoms. The fourth-order valence-electron chi connectivity index (χ4n) is 3.81. The topological polar surface area (TPSA) is 108 Å². The number of nitrogen functional groups attached to an aromatic ring is 1. The number of methoxy groups -OCH3 is 1. The number of amides is 1. The molecular formula is C20H22N6O2. The molecule has 0 atom stereocenters. The zero-order valence-electron chi connectivity index (χ0n) is 16.3. The molecule has 28 heavy (non-hydrogen) atoms. The third kappa shape index (κ3) is 2.87. The van der Waals surface area contributed by atoms with E-state index in [0.29, 0.717) is 23.6 Å². The number of aromatic nitrogens is 4. The van der Waals surface area contributed by atoms with Crippen LogP contribution >= 0.6 is 0 Å². The van der Waals surface area contributed by atoms with Gasteiger partial charge in [-0.25, -0.2) is 9.97 Å². The van der Waals surface area contributed by atoms with E-state index in [9.17, 15) is 4.79 Å². The highest BCUT2D eigenvalue weighted by atomic mass is 16.5. The lowest BCUT2D eigenvalue weighted by Gasteiger charge is -2.31. The van der Waals surface area contributed by atoms with E-state index in [0.717, 1.165) is 22.5 Å². The summed E-state index contributed by atoms with van der Waals surface area (Å²) in [6, 6.07) is 7.22. The molecule has 0 saturated carbocycles. The number of hydrogen-bond acceptors (Lipinski definition) is 6. The number of ether oxygens (including phenoxy) is 1. The van der Waals surface area contributed by atoms with Gasteiger partial charge in [0.25, 0.3) is 5.91 Å². The van der Waals surface area contributed by atoms with Crippen molar-refractivity contribution in [1.82, 2.24) is 19.7 Å². The van der Waals surface area contributed by atoms with Gasteiger partial charge in [-0.15, -0.1) is 0 Å². The molecule has 0 radical (unpaired) electrons. The average Bonchev–Trinajstić information content (AvgIpc) is 3.01. The number of nitrogens with one attached hydrogen (secondary N) is 1. The first-order chi connectivity index (χ1) is 13.3. The van der Waals surface area contributed by atoms with Crippen molar-refractivity contribution in [2.24, 2.45) is 7.05 Å². The summed E-state index contributed by atoms with van der Waals surface area (Å²) in [5.74, 6) is 0.596. The quantitative estimate of drug-likeness (QED) is 0.725. The fraction of sp³-hybridized carbons (Fsp3) is 0.300. The van der Waals surface area contributed by atoms with E-state index < -0.39 is 0 Å². The highest BCUT2D eigenvalue weighted by Crippen LogP contribution is 2.43. The molecule has 0 bridgehead atoms. The van der Waals surface area contributed by atoms with E-state index >= 15 is 0 Å². The van der Waals surface area contributed by atoms with Gasteiger partial charge < -0.3 is 15.8 Å². The lowest BCUT2D eigenvalue weighted by molar-refractivity contribution is 0.101. The Hall–Kier alpha value is -3.42. The summed E-state index contributed by atoms with van der Waals surface area (Å²) in [5, 5.41) is 7.44. The van der Waals surface area contributed by atoms with Crippen molar-refractivity contribution in [2.75, 3.05) is 18.2 Å². The van der Waals surface area contributed by atoms with Crippen LogP contribution < -0.4 is 15.8 Å². The molecule has 8 nitrogen and oxygen atoms in total. The lowest BCUT2D eigenvalue weighted by Crippen LogP contribution is -2.29. The van der Waals surface area contributed by atoms with E-state index in [-0.39, 0.29) is 17.3 Å². The average molecular weight is 378 g/mol. The molecule has 4 rings (SSSR count). The van der Waals surface area contributed by atoms with E-state index in [1.54, 1.807) is 24.1 Å². The summed E-state index contributed by atoms with van der Waals surface area (Å²) >= 11 is 0. The molecule has 1 amide bonds. The second-order valence-corrected chi connectivity index (χ2v) is 7.54. The van der Waals surface area contributed by atoms with E-state index in [2.05, 4.69) is 34.2 Å². The van der Waals surface area contributed by atoms with Crippen LogP contribution in [0.1, 0.15) is 35.5 Å². The molecule has 1 aromatic carbocycles. The first-order valence-corrected chi connectivity index (χ1v) is 8.95. The van der Waals surface area contributed by atoms with Gasteiger partial charge in [0, 0.05) is 30.6 Å². The summed E-state index contributed by atoms with van der Waals surface area (Å²) < 4.78 is 6.92. The van der Waals surface area contributed by atoms with Crippen molar-refractivity contribution in [2.45, 2.75) is 25.7 Å². The first kappa shape index (κ1) is 18.0. The smallest absolute Gasteiger partial charge is 0.276 e. The van der Waals surface area contributed by atoms with Crippen molar-refractivity contribution in [1.29, 1.82) is 0 Å². The molecule has 1 aliphatic rings. The summed E-state index contributed by atoms with van der Waals surface area (Å²) in [7, 11) is 3.40. The summed E-state index contributed by atoms with van der Waals surface area (Å²) in [6.45, 7) is 4.18. The monoisotopic (exact) mass is 378 g/mol. The van der Waals surface area contributed by atoms with Gasteiger partial charge in [0.15, 0.2) is 5.69 Å². The van der Waals surface area contributed by atoms with Crippen LogP contribution in [-0.4, -0.2) is 32.8 Å². The van der Waals surface area contributed by atoms with Crippen LogP contribution in [-0.2, 0) is 18.9 Å². The summed E-state index contributed by atoms with van der Waals surface area (Å²) in [5.41, 5.74) is 9.92. The van der Waals surface area contributed by atoms with Gasteiger partial charge in [-0.05, 0) is 29.5 Å². The molecule has 8 heteroatoms. The SMILES string of the molecule is COc1cccc(NC(=O)c2nn(C)c3c2C(C)(C)Cc2cnc(N)nc2-3)c1. The number of benzene rings is 1. The molecule has 3 N–H and O–H groups in total. The minimum atomic E-state index is -0.308. The van der Waals surface area contributed by atoms with Crippen molar-refractivity contribution in [3.63, 3.8) is 0 Å². The molecule has 144 valence electrons. The molecule has 1 aliphatic carbocycles. The normalized spacial score (nSPS) is 14.1. The predicted octanol–water partition coefficient (Wildman–Crippen LogP) is 2.55. The highest BCUT2D eigenvalue weighted by molar-refractivity contribution is 6.05. The Morgan fingerprint density at radius 3 is 2.89 bits per heavy atom. The van der Waals surface area contributed by atoms with Crippen LogP contribution in [0.4, 0.5) is 11.6 Å². The van der Waals surface area contributed by atoms with Gasteiger partial charge in [0.2, 0.25) is 5.95 Å². The number of hydrogen-bond donors (Lipinski definition) is 2. The van der Waals surface area contributed by atoms with Crippen molar-refractivity contribution >= 4 is 17.5 Å². The van der Waals surface area contributed by atoms with Gasteiger partial charge in [-0.2, -0.15) is 5.10 Å². The number of anilines is 2. The molecule has 2 aromatic heterocycles. The molecule has 0 aliphatic heterocycles. The number of carbonyl (C=O) groups excluding carboxylic acids is 1. The van der Waals surface area contributed by atoms with Crippen LogP contribution in [0, 0.1) is 0 Å². The van der Waals surface area contributed by atoms with Crippen molar-refractivity contribution < 1.29 is 9.53 Å². The van der Waals surface area contributed by atoms with Crippen LogP contribution in [0.25, 0.3) is 11.4 Å². The zero-order chi connectivity index (χ0) is 20.1.